The van der Waals surface area contributed by atoms with Crippen molar-refractivity contribution >= 4 is 11.9 Å². The lowest BCUT2D eigenvalue weighted by atomic mass is 9.59. The molecule has 6 heteroatoms. The van der Waals surface area contributed by atoms with Crippen molar-refractivity contribution < 1.29 is 28.6 Å². The molecule has 1 fully saturated rings. The molecule has 0 amide bonds. The molecule has 2 atom stereocenters. The van der Waals surface area contributed by atoms with Gasteiger partial charge in [-0.1, -0.05) is 25.2 Å². The summed E-state index contributed by atoms with van der Waals surface area (Å²) in [6.07, 6.45) is 3.75. The van der Waals surface area contributed by atoms with Crippen LogP contribution in [0.4, 0.5) is 8.78 Å². The van der Waals surface area contributed by atoms with Crippen LogP contribution in [0.3, 0.4) is 0 Å². The van der Waals surface area contributed by atoms with Crippen molar-refractivity contribution in [3.8, 4) is 0 Å². The summed E-state index contributed by atoms with van der Waals surface area (Å²) in [5.74, 6) is -6.30. The molecule has 116 valence electrons. The van der Waals surface area contributed by atoms with Crippen LogP contribution in [0, 0.1) is 17.3 Å². The number of allylic oxidation sites excluding steroid dienone is 2. The lowest BCUT2D eigenvalue weighted by Crippen LogP contribution is -2.47. The standard InChI is InChI=1S/C15H18F2O4/c1-9-11(12(18)19)3-2-6-15(9,13(20)21)10-4-7-14(16,17)8-5-10/h2-3,6,9-10H,4-5,7-8H2,1H3,(H,18,19)(H,20,21). The summed E-state index contributed by atoms with van der Waals surface area (Å²) >= 11 is 0. The highest BCUT2D eigenvalue weighted by atomic mass is 19.3. The van der Waals surface area contributed by atoms with Crippen molar-refractivity contribution in [1.82, 2.24) is 0 Å². The summed E-state index contributed by atoms with van der Waals surface area (Å²) in [5.41, 5.74) is -1.41. The van der Waals surface area contributed by atoms with Crippen molar-refractivity contribution in [2.75, 3.05) is 0 Å². The lowest BCUT2D eigenvalue weighted by Gasteiger charge is -2.44. The van der Waals surface area contributed by atoms with E-state index in [2.05, 4.69) is 0 Å². The maximum atomic E-state index is 13.3. The number of carbonyl (C=O) groups is 2. The van der Waals surface area contributed by atoms with Gasteiger partial charge in [-0.2, -0.15) is 0 Å². The Kier molecular flexibility index (Phi) is 3.91. The second-order valence-electron chi connectivity index (χ2n) is 5.88. The number of hydrogen-bond acceptors (Lipinski definition) is 2. The summed E-state index contributed by atoms with van der Waals surface area (Å²) in [6, 6.07) is 0. The van der Waals surface area contributed by atoms with Crippen molar-refractivity contribution in [1.29, 1.82) is 0 Å². The van der Waals surface area contributed by atoms with E-state index in [1.165, 1.54) is 18.2 Å². The van der Waals surface area contributed by atoms with E-state index in [4.69, 9.17) is 0 Å². The van der Waals surface area contributed by atoms with E-state index in [0.717, 1.165) is 0 Å². The van der Waals surface area contributed by atoms with Crippen LogP contribution < -0.4 is 0 Å². The SMILES string of the molecule is CC1C(C(=O)O)=CC=CC1(C(=O)O)C1CCC(F)(F)CC1. The Labute approximate surface area is 121 Å². The fraction of sp³-hybridized carbons (Fsp3) is 0.600. The van der Waals surface area contributed by atoms with E-state index in [-0.39, 0.29) is 31.3 Å². The van der Waals surface area contributed by atoms with Crippen LogP contribution >= 0.6 is 0 Å². The van der Waals surface area contributed by atoms with Crippen LogP contribution in [0.25, 0.3) is 0 Å². The first kappa shape index (κ1) is 15.7. The summed E-state index contributed by atoms with van der Waals surface area (Å²) in [4.78, 5) is 23.1. The minimum absolute atomic E-state index is 0.0113. The van der Waals surface area contributed by atoms with Gasteiger partial charge in [-0.05, 0) is 18.8 Å². The Morgan fingerprint density at radius 2 is 1.81 bits per heavy atom. The molecule has 2 aliphatic rings. The van der Waals surface area contributed by atoms with Gasteiger partial charge < -0.3 is 10.2 Å². The number of rotatable bonds is 3. The molecule has 0 aromatic carbocycles. The molecule has 0 radical (unpaired) electrons. The average Bonchev–Trinajstić information content (AvgIpc) is 2.39. The van der Waals surface area contributed by atoms with Gasteiger partial charge in [0.05, 0.1) is 5.41 Å². The Morgan fingerprint density at radius 3 is 2.29 bits per heavy atom. The monoisotopic (exact) mass is 300 g/mol. The molecule has 0 aliphatic heterocycles. The first-order valence-electron chi connectivity index (χ1n) is 6.94. The molecule has 0 saturated heterocycles. The molecule has 1 saturated carbocycles. The molecule has 0 aromatic rings. The van der Waals surface area contributed by atoms with Gasteiger partial charge in [0.1, 0.15) is 0 Å². The molecular weight excluding hydrogens is 282 g/mol. The number of carboxylic acids is 2. The molecule has 0 heterocycles. The molecule has 21 heavy (non-hydrogen) atoms. The highest BCUT2D eigenvalue weighted by molar-refractivity contribution is 5.91. The zero-order chi connectivity index (χ0) is 15.8. The highest BCUT2D eigenvalue weighted by Gasteiger charge is 2.53. The fourth-order valence-electron chi connectivity index (χ4n) is 3.55. The maximum Gasteiger partial charge on any atom is 0.331 e. The first-order chi connectivity index (χ1) is 9.70. The molecule has 2 rings (SSSR count). The van der Waals surface area contributed by atoms with E-state index in [0.29, 0.717) is 0 Å². The normalized spacial score (nSPS) is 32.5. The van der Waals surface area contributed by atoms with Crippen LogP contribution in [-0.4, -0.2) is 28.1 Å². The van der Waals surface area contributed by atoms with Gasteiger partial charge in [0.15, 0.2) is 0 Å². The van der Waals surface area contributed by atoms with Gasteiger partial charge in [0.25, 0.3) is 0 Å². The number of hydrogen-bond donors (Lipinski definition) is 2. The predicted molar refractivity (Wildman–Crippen MR) is 71.0 cm³/mol. The predicted octanol–water partition coefficient (Wildman–Crippen LogP) is 3.10. The molecule has 2 aliphatic carbocycles. The van der Waals surface area contributed by atoms with Crippen LogP contribution in [0.5, 0.6) is 0 Å². The smallest absolute Gasteiger partial charge is 0.331 e. The molecule has 2 unspecified atom stereocenters. The molecule has 2 N–H and O–H groups in total. The van der Waals surface area contributed by atoms with Gasteiger partial charge in [0.2, 0.25) is 5.92 Å². The fourth-order valence-corrected chi connectivity index (χ4v) is 3.55. The third kappa shape index (κ3) is 2.59. The van der Waals surface area contributed by atoms with Crippen LogP contribution in [0.1, 0.15) is 32.6 Å². The van der Waals surface area contributed by atoms with E-state index in [1.54, 1.807) is 6.92 Å². The van der Waals surface area contributed by atoms with E-state index in [9.17, 15) is 28.6 Å². The van der Waals surface area contributed by atoms with Crippen LogP contribution in [0.15, 0.2) is 23.8 Å². The largest absolute Gasteiger partial charge is 0.481 e. The van der Waals surface area contributed by atoms with Gasteiger partial charge >= 0.3 is 11.9 Å². The summed E-state index contributed by atoms with van der Waals surface area (Å²) in [6.45, 7) is 1.55. The minimum atomic E-state index is -2.75. The van der Waals surface area contributed by atoms with Crippen molar-refractivity contribution in [3.63, 3.8) is 0 Å². The second kappa shape index (κ2) is 5.24. The van der Waals surface area contributed by atoms with Gasteiger partial charge in [-0.3, -0.25) is 4.79 Å². The Bertz CT molecular complexity index is 514. The number of carboxylic acid groups (broad SMARTS) is 2. The topological polar surface area (TPSA) is 74.6 Å². The third-order valence-corrected chi connectivity index (χ3v) is 4.84. The van der Waals surface area contributed by atoms with E-state index >= 15 is 0 Å². The quantitative estimate of drug-likeness (QED) is 0.840. The molecule has 0 spiro atoms. The van der Waals surface area contributed by atoms with E-state index < -0.39 is 35.1 Å². The first-order valence-corrected chi connectivity index (χ1v) is 6.94. The zero-order valence-corrected chi connectivity index (χ0v) is 11.7. The van der Waals surface area contributed by atoms with Crippen LogP contribution in [-0.2, 0) is 9.59 Å². The lowest BCUT2D eigenvalue weighted by molar-refractivity contribution is -0.155. The van der Waals surface area contributed by atoms with Gasteiger partial charge in [-0.15, -0.1) is 0 Å². The summed E-state index contributed by atoms with van der Waals surface area (Å²) in [5, 5.41) is 18.9. The second-order valence-corrected chi connectivity index (χ2v) is 5.88. The molecular formula is C15H18F2O4. The van der Waals surface area contributed by atoms with Crippen molar-refractivity contribution in [3.05, 3.63) is 23.8 Å². The van der Waals surface area contributed by atoms with Crippen molar-refractivity contribution in [2.24, 2.45) is 17.3 Å². The van der Waals surface area contributed by atoms with Crippen molar-refractivity contribution in [2.45, 2.75) is 38.5 Å². The third-order valence-electron chi connectivity index (χ3n) is 4.84. The van der Waals surface area contributed by atoms with Crippen LogP contribution in [0.2, 0.25) is 0 Å². The van der Waals surface area contributed by atoms with Gasteiger partial charge in [0, 0.05) is 24.3 Å². The maximum absolute atomic E-state index is 13.3. The van der Waals surface area contributed by atoms with Gasteiger partial charge in [-0.25, -0.2) is 13.6 Å². The Balaban J connectivity index is 2.35. The number of aliphatic carboxylic acids is 2. The number of alkyl halides is 2. The Morgan fingerprint density at radius 1 is 1.24 bits per heavy atom. The molecule has 0 bridgehead atoms. The zero-order valence-electron chi connectivity index (χ0n) is 11.7. The average molecular weight is 300 g/mol. The highest BCUT2D eigenvalue weighted by Crippen LogP contribution is 2.51. The van der Waals surface area contributed by atoms with E-state index in [1.807, 2.05) is 0 Å². The molecule has 4 nitrogen and oxygen atoms in total. The summed E-state index contributed by atoms with van der Waals surface area (Å²) in [7, 11) is 0. The summed E-state index contributed by atoms with van der Waals surface area (Å²) < 4.78 is 26.6. The number of halogens is 2. The Hall–Kier alpha value is -1.72. The molecule has 0 aromatic heterocycles. The minimum Gasteiger partial charge on any atom is -0.481 e.